The van der Waals surface area contributed by atoms with E-state index in [0.717, 1.165) is 23.4 Å². The monoisotopic (exact) mass is 269 g/mol. The van der Waals surface area contributed by atoms with Crippen LogP contribution in [0.25, 0.3) is 0 Å². The molecule has 1 aliphatic rings. The van der Waals surface area contributed by atoms with E-state index >= 15 is 0 Å². The molecule has 15 heavy (non-hydrogen) atoms. The van der Waals surface area contributed by atoms with Crippen LogP contribution in [0.1, 0.15) is 31.4 Å². The molecule has 0 unspecified atom stereocenters. The standard InChI is InChI=1S/C12H16BrNO/c1-2-15-12-6-5-9(13)8-10(12)11-4-3-7-14-11/h5-6,8,11,14H,2-4,7H2,1H3/t11-/m1/s1. The van der Waals surface area contributed by atoms with E-state index in [1.807, 2.05) is 19.1 Å². The van der Waals surface area contributed by atoms with E-state index in [2.05, 4.69) is 27.3 Å². The number of benzene rings is 1. The first kappa shape index (κ1) is 11.0. The predicted octanol–water partition coefficient (Wildman–Crippen LogP) is 3.27. The molecule has 1 saturated heterocycles. The fourth-order valence-electron chi connectivity index (χ4n) is 2.03. The molecule has 1 heterocycles. The third-order valence-electron chi connectivity index (χ3n) is 2.71. The van der Waals surface area contributed by atoms with Crippen LogP contribution < -0.4 is 10.1 Å². The highest BCUT2D eigenvalue weighted by atomic mass is 79.9. The summed E-state index contributed by atoms with van der Waals surface area (Å²) in [6.07, 6.45) is 2.46. The number of rotatable bonds is 3. The first-order chi connectivity index (χ1) is 7.31. The van der Waals surface area contributed by atoms with Crippen molar-refractivity contribution in [2.24, 2.45) is 0 Å². The minimum atomic E-state index is 0.462. The fourth-order valence-corrected chi connectivity index (χ4v) is 2.41. The third-order valence-corrected chi connectivity index (χ3v) is 3.20. The molecule has 0 aliphatic carbocycles. The van der Waals surface area contributed by atoms with E-state index in [4.69, 9.17) is 4.74 Å². The second kappa shape index (κ2) is 4.99. The van der Waals surface area contributed by atoms with Gasteiger partial charge >= 0.3 is 0 Å². The molecular formula is C12H16BrNO. The smallest absolute Gasteiger partial charge is 0.124 e. The van der Waals surface area contributed by atoms with Gasteiger partial charge in [-0.05, 0) is 44.5 Å². The first-order valence-corrected chi connectivity index (χ1v) is 6.26. The Morgan fingerprint density at radius 2 is 2.40 bits per heavy atom. The molecule has 1 aromatic carbocycles. The van der Waals surface area contributed by atoms with Crippen LogP contribution in [0.4, 0.5) is 0 Å². The molecule has 1 aromatic rings. The summed E-state index contributed by atoms with van der Waals surface area (Å²) >= 11 is 3.51. The van der Waals surface area contributed by atoms with Crippen LogP contribution in [0.5, 0.6) is 5.75 Å². The molecule has 0 amide bonds. The number of hydrogen-bond acceptors (Lipinski definition) is 2. The molecular weight excluding hydrogens is 254 g/mol. The Hall–Kier alpha value is -0.540. The molecule has 0 saturated carbocycles. The van der Waals surface area contributed by atoms with Crippen molar-refractivity contribution in [3.05, 3.63) is 28.2 Å². The summed E-state index contributed by atoms with van der Waals surface area (Å²) in [5, 5.41) is 3.50. The van der Waals surface area contributed by atoms with Gasteiger partial charge in [-0.1, -0.05) is 15.9 Å². The van der Waals surface area contributed by atoms with Crippen molar-refractivity contribution < 1.29 is 4.74 Å². The van der Waals surface area contributed by atoms with Crippen LogP contribution in [0.2, 0.25) is 0 Å². The molecule has 0 aromatic heterocycles. The maximum atomic E-state index is 5.64. The van der Waals surface area contributed by atoms with Gasteiger partial charge in [0.25, 0.3) is 0 Å². The van der Waals surface area contributed by atoms with Crippen molar-refractivity contribution in [3.63, 3.8) is 0 Å². The quantitative estimate of drug-likeness (QED) is 0.910. The molecule has 1 fully saturated rings. The molecule has 3 heteroatoms. The summed E-state index contributed by atoms with van der Waals surface area (Å²) in [5.41, 5.74) is 1.28. The van der Waals surface area contributed by atoms with Gasteiger partial charge in [0.1, 0.15) is 5.75 Å². The van der Waals surface area contributed by atoms with E-state index in [-0.39, 0.29) is 0 Å². The summed E-state index contributed by atoms with van der Waals surface area (Å²) in [7, 11) is 0. The lowest BCUT2D eigenvalue weighted by Gasteiger charge is -2.16. The summed E-state index contributed by atoms with van der Waals surface area (Å²) in [4.78, 5) is 0. The van der Waals surface area contributed by atoms with Crippen molar-refractivity contribution in [1.29, 1.82) is 0 Å². The van der Waals surface area contributed by atoms with Crippen LogP contribution in [0, 0.1) is 0 Å². The average Bonchev–Trinajstić information content (AvgIpc) is 2.74. The Balaban J connectivity index is 2.28. The number of ether oxygens (including phenoxy) is 1. The summed E-state index contributed by atoms with van der Waals surface area (Å²) in [6, 6.07) is 6.70. The van der Waals surface area contributed by atoms with Crippen LogP contribution in [-0.4, -0.2) is 13.2 Å². The lowest BCUT2D eigenvalue weighted by Crippen LogP contribution is -2.14. The van der Waals surface area contributed by atoms with E-state index < -0.39 is 0 Å². The van der Waals surface area contributed by atoms with Crippen molar-refractivity contribution in [2.75, 3.05) is 13.2 Å². The van der Waals surface area contributed by atoms with Crippen molar-refractivity contribution in [2.45, 2.75) is 25.8 Å². The van der Waals surface area contributed by atoms with Crippen LogP contribution >= 0.6 is 15.9 Å². The normalized spacial score (nSPS) is 20.5. The van der Waals surface area contributed by atoms with E-state index in [1.54, 1.807) is 0 Å². The lowest BCUT2D eigenvalue weighted by molar-refractivity contribution is 0.333. The van der Waals surface area contributed by atoms with Crippen LogP contribution in [0.15, 0.2) is 22.7 Å². The van der Waals surface area contributed by atoms with Gasteiger partial charge < -0.3 is 10.1 Å². The molecule has 0 bridgehead atoms. The van der Waals surface area contributed by atoms with Gasteiger partial charge in [0.05, 0.1) is 6.61 Å². The lowest BCUT2D eigenvalue weighted by atomic mass is 10.0. The summed E-state index contributed by atoms with van der Waals surface area (Å²) < 4.78 is 6.76. The highest BCUT2D eigenvalue weighted by Crippen LogP contribution is 2.33. The third kappa shape index (κ3) is 2.52. The van der Waals surface area contributed by atoms with Crippen molar-refractivity contribution in [1.82, 2.24) is 5.32 Å². The van der Waals surface area contributed by atoms with Gasteiger partial charge in [-0.15, -0.1) is 0 Å². The van der Waals surface area contributed by atoms with E-state index in [0.29, 0.717) is 6.04 Å². The van der Waals surface area contributed by atoms with Crippen molar-refractivity contribution >= 4 is 15.9 Å². The maximum Gasteiger partial charge on any atom is 0.124 e. The average molecular weight is 270 g/mol. The second-order valence-electron chi connectivity index (χ2n) is 3.76. The molecule has 2 rings (SSSR count). The van der Waals surface area contributed by atoms with Gasteiger partial charge in [0.15, 0.2) is 0 Å². The Morgan fingerprint density at radius 3 is 3.07 bits per heavy atom. The largest absolute Gasteiger partial charge is 0.494 e. The Bertz CT molecular complexity index is 334. The first-order valence-electron chi connectivity index (χ1n) is 5.47. The van der Waals surface area contributed by atoms with Gasteiger partial charge in [-0.25, -0.2) is 0 Å². The predicted molar refractivity (Wildman–Crippen MR) is 65.3 cm³/mol. The number of nitrogens with one attached hydrogen (secondary N) is 1. The van der Waals surface area contributed by atoms with Crippen LogP contribution in [0.3, 0.4) is 0 Å². The molecule has 2 nitrogen and oxygen atoms in total. The zero-order chi connectivity index (χ0) is 10.7. The van der Waals surface area contributed by atoms with E-state index in [9.17, 15) is 0 Å². The fraction of sp³-hybridized carbons (Fsp3) is 0.500. The molecule has 0 spiro atoms. The Morgan fingerprint density at radius 1 is 1.53 bits per heavy atom. The Labute approximate surface area is 99.1 Å². The minimum Gasteiger partial charge on any atom is -0.494 e. The minimum absolute atomic E-state index is 0.462. The molecule has 0 radical (unpaired) electrons. The topological polar surface area (TPSA) is 21.3 Å². The molecule has 82 valence electrons. The summed E-state index contributed by atoms with van der Waals surface area (Å²) in [5.74, 6) is 1.01. The molecule has 1 aliphatic heterocycles. The number of halogens is 1. The zero-order valence-corrected chi connectivity index (χ0v) is 10.5. The molecule has 1 atom stereocenters. The highest BCUT2D eigenvalue weighted by Gasteiger charge is 2.19. The summed E-state index contributed by atoms with van der Waals surface area (Å²) in [6.45, 7) is 3.86. The zero-order valence-electron chi connectivity index (χ0n) is 8.92. The van der Waals surface area contributed by atoms with E-state index in [1.165, 1.54) is 18.4 Å². The number of hydrogen-bond donors (Lipinski definition) is 1. The van der Waals surface area contributed by atoms with Gasteiger partial charge in [-0.2, -0.15) is 0 Å². The highest BCUT2D eigenvalue weighted by molar-refractivity contribution is 9.10. The SMILES string of the molecule is CCOc1ccc(Br)cc1[C@H]1CCCN1. The second-order valence-corrected chi connectivity index (χ2v) is 4.68. The Kier molecular flexibility index (Phi) is 3.65. The van der Waals surface area contributed by atoms with Gasteiger partial charge in [0.2, 0.25) is 0 Å². The van der Waals surface area contributed by atoms with Gasteiger partial charge in [0, 0.05) is 16.1 Å². The van der Waals surface area contributed by atoms with Crippen molar-refractivity contribution in [3.8, 4) is 5.75 Å². The molecule has 1 N–H and O–H groups in total. The maximum absolute atomic E-state index is 5.64. The van der Waals surface area contributed by atoms with Gasteiger partial charge in [-0.3, -0.25) is 0 Å². The van der Waals surface area contributed by atoms with Crippen LogP contribution in [-0.2, 0) is 0 Å².